The van der Waals surface area contributed by atoms with Gasteiger partial charge < -0.3 is 27.9 Å². The third kappa shape index (κ3) is 7.73. The van der Waals surface area contributed by atoms with Crippen LogP contribution in [0.15, 0.2) is 57.7 Å². The first-order chi connectivity index (χ1) is 19.6. The number of aryl methyl sites for hydroxylation is 1. The molecule has 2 heterocycles. The molecule has 10 heteroatoms. The van der Waals surface area contributed by atoms with Crippen LogP contribution in [0.25, 0.3) is 11.0 Å². The molecule has 1 aromatic heterocycles. The molecule has 1 unspecified atom stereocenters. The molecule has 0 saturated carbocycles. The molecule has 0 aliphatic carbocycles. The maximum Gasteiger partial charge on any atom is 0.494 e. The van der Waals surface area contributed by atoms with E-state index in [2.05, 4.69) is 5.32 Å². The first-order valence-corrected chi connectivity index (χ1v) is 14.3. The van der Waals surface area contributed by atoms with Crippen LogP contribution in [0.2, 0.25) is 0 Å². The monoisotopic (exact) mass is 579 g/mol. The Bertz CT molecular complexity index is 1430. The van der Waals surface area contributed by atoms with Gasteiger partial charge in [0.05, 0.1) is 24.4 Å². The summed E-state index contributed by atoms with van der Waals surface area (Å²) >= 11 is 0. The van der Waals surface area contributed by atoms with Crippen LogP contribution >= 0.6 is 0 Å². The SMILES string of the molecule is Cc1cc(=O)oc2cc(OCCCOC(NC(=O)OCc3ccc(B4OC(C)(C)C(C)(C)O4)cc3)C(C)(C)C)ccc12. The van der Waals surface area contributed by atoms with Crippen LogP contribution in [0, 0.1) is 12.3 Å². The Morgan fingerprint density at radius 1 is 0.976 bits per heavy atom. The molecular weight excluding hydrogens is 537 g/mol. The highest BCUT2D eigenvalue weighted by atomic mass is 16.7. The Hall–Kier alpha value is -3.34. The lowest BCUT2D eigenvalue weighted by Gasteiger charge is -2.32. The van der Waals surface area contributed by atoms with E-state index in [1.807, 2.05) is 91.8 Å². The Morgan fingerprint density at radius 2 is 1.64 bits per heavy atom. The van der Waals surface area contributed by atoms with Crippen molar-refractivity contribution in [2.75, 3.05) is 13.2 Å². The Kier molecular flexibility index (Phi) is 9.40. The molecule has 9 nitrogen and oxygen atoms in total. The molecule has 1 aliphatic rings. The van der Waals surface area contributed by atoms with Gasteiger partial charge in [-0.3, -0.25) is 5.32 Å². The molecule has 3 aromatic rings. The molecule has 1 saturated heterocycles. The van der Waals surface area contributed by atoms with Gasteiger partial charge in [0.15, 0.2) is 0 Å². The smallest absolute Gasteiger partial charge is 0.493 e. The first kappa shape index (κ1) is 31.6. The van der Waals surface area contributed by atoms with Crippen molar-refractivity contribution in [3.05, 3.63) is 70.1 Å². The average molecular weight is 579 g/mol. The van der Waals surface area contributed by atoms with Crippen molar-refractivity contribution in [2.45, 2.75) is 85.8 Å². The van der Waals surface area contributed by atoms with E-state index in [4.69, 9.17) is 27.9 Å². The second-order valence-corrected chi connectivity index (χ2v) is 12.8. The van der Waals surface area contributed by atoms with Gasteiger partial charge in [-0.15, -0.1) is 0 Å². The highest BCUT2D eigenvalue weighted by molar-refractivity contribution is 6.62. The van der Waals surface area contributed by atoms with Crippen molar-refractivity contribution in [3.8, 4) is 5.75 Å². The second-order valence-electron chi connectivity index (χ2n) is 12.8. The summed E-state index contributed by atoms with van der Waals surface area (Å²) in [5, 5.41) is 3.70. The van der Waals surface area contributed by atoms with Crippen LogP contribution in [0.4, 0.5) is 4.79 Å². The van der Waals surface area contributed by atoms with Gasteiger partial charge in [-0.05, 0) is 63.3 Å². The summed E-state index contributed by atoms with van der Waals surface area (Å²) in [5.74, 6) is 0.606. The van der Waals surface area contributed by atoms with Gasteiger partial charge in [-0.2, -0.15) is 0 Å². The van der Waals surface area contributed by atoms with E-state index < -0.39 is 30.6 Å². The zero-order valence-corrected chi connectivity index (χ0v) is 25.9. The van der Waals surface area contributed by atoms with Gasteiger partial charge in [0, 0.05) is 29.4 Å². The summed E-state index contributed by atoms with van der Waals surface area (Å²) in [4.78, 5) is 24.3. The normalized spacial score (nSPS) is 16.8. The van der Waals surface area contributed by atoms with Gasteiger partial charge in [0.25, 0.3) is 0 Å². The maximum absolute atomic E-state index is 12.6. The van der Waals surface area contributed by atoms with Crippen LogP contribution in [-0.2, 0) is 25.4 Å². The highest BCUT2D eigenvalue weighted by Gasteiger charge is 2.51. The van der Waals surface area contributed by atoms with E-state index in [1.54, 1.807) is 6.07 Å². The number of benzene rings is 2. The zero-order chi connectivity index (χ0) is 30.7. The third-order valence-corrected chi connectivity index (χ3v) is 7.68. The minimum Gasteiger partial charge on any atom is -0.493 e. The van der Waals surface area contributed by atoms with Crippen molar-refractivity contribution >= 4 is 29.6 Å². The summed E-state index contributed by atoms with van der Waals surface area (Å²) in [6, 6.07) is 14.6. The predicted molar refractivity (Wildman–Crippen MR) is 162 cm³/mol. The molecule has 1 N–H and O–H groups in total. The van der Waals surface area contributed by atoms with Crippen molar-refractivity contribution in [2.24, 2.45) is 5.41 Å². The number of hydrogen-bond donors (Lipinski definition) is 1. The number of ether oxygens (including phenoxy) is 3. The molecule has 0 radical (unpaired) electrons. The lowest BCUT2D eigenvalue weighted by molar-refractivity contribution is -0.0417. The van der Waals surface area contributed by atoms with E-state index in [0.29, 0.717) is 31.0 Å². The van der Waals surface area contributed by atoms with Crippen molar-refractivity contribution in [3.63, 3.8) is 0 Å². The van der Waals surface area contributed by atoms with Gasteiger partial charge >= 0.3 is 18.8 Å². The quantitative estimate of drug-likeness (QED) is 0.146. The standard InChI is InChI=1S/C32H42BNO8/c1-21-18-27(35)40-26-19-24(14-15-25(21)26)37-16-9-17-38-28(30(2,3)4)34-29(36)39-20-22-10-12-23(13-11-22)33-41-31(5,6)32(7,8)42-33/h10-15,18-19,28H,9,16-17,20H2,1-8H3,(H,34,36). The summed E-state index contributed by atoms with van der Waals surface area (Å²) in [6.45, 7) is 16.8. The predicted octanol–water partition coefficient (Wildman–Crippen LogP) is 5.48. The Morgan fingerprint density at radius 3 is 2.29 bits per heavy atom. The summed E-state index contributed by atoms with van der Waals surface area (Å²) in [6.07, 6.45) is -0.531. The van der Waals surface area contributed by atoms with Crippen LogP contribution in [0.5, 0.6) is 5.75 Å². The molecule has 1 atom stereocenters. The highest BCUT2D eigenvalue weighted by Crippen LogP contribution is 2.36. The topological polar surface area (TPSA) is 105 Å². The molecular formula is C32H42BNO8. The second kappa shape index (κ2) is 12.5. The molecule has 0 bridgehead atoms. The Labute approximate surface area is 248 Å². The number of rotatable bonds is 10. The fourth-order valence-corrected chi connectivity index (χ4v) is 4.40. The number of alkyl carbamates (subject to hydrolysis) is 1. The Balaban J connectivity index is 1.21. The number of carbonyl (C=O) groups excluding carboxylic acids is 1. The number of nitrogens with one attached hydrogen (secondary N) is 1. The fourth-order valence-electron chi connectivity index (χ4n) is 4.40. The summed E-state index contributed by atoms with van der Waals surface area (Å²) in [7, 11) is -0.442. The van der Waals surface area contributed by atoms with Crippen molar-refractivity contribution < 1.29 is 32.7 Å². The lowest BCUT2D eigenvalue weighted by atomic mass is 9.79. The molecule has 1 aliphatic heterocycles. The molecule has 42 heavy (non-hydrogen) atoms. The van der Waals surface area contributed by atoms with Crippen molar-refractivity contribution in [1.82, 2.24) is 5.32 Å². The largest absolute Gasteiger partial charge is 0.494 e. The van der Waals surface area contributed by atoms with Gasteiger partial charge in [-0.1, -0.05) is 45.0 Å². The number of hydrogen-bond acceptors (Lipinski definition) is 8. The first-order valence-electron chi connectivity index (χ1n) is 14.3. The van der Waals surface area contributed by atoms with E-state index >= 15 is 0 Å². The average Bonchev–Trinajstić information content (AvgIpc) is 3.12. The van der Waals surface area contributed by atoms with Gasteiger partial charge in [0.2, 0.25) is 0 Å². The molecule has 4 rings (SSSR count). The van der Waals surface area contributed by atoms with E-state index in [1.165, 1.54) is 6.07 Å². The van der Waals surface area contributed by atoms with Crippen LogP contribution in [0.1, 0.15) is 66.0 Å². The molecule has 2 aromatic carbocycles. The zero-order valence-electron chi connectivity index (χ0n) is 25.9. The minimum absolute atomic E-state index is 0.117. The van der Waals surface area contributed by atoms with E-state index in [9.17, 15) is 9.59 Å². The molecule has 1 fully saturated rings. The van der Waals surface area contributed by atoms with Crippen LogP contribution in [0.3, 0.4) is 0 Å². The number of fused-ring (bicyclic) bond motifs is 1. The van der Waals surface area contributed by atoms with E-state index in [0.717, 1.165) is 22.0 Å². The van der Waals surface area contributed by atoms with Gasteiger partial charge in [0.1, 0.15) is 24.2 Å². The van der Waals surface area contributed by atoms with Gasteiger partial charge in [-0.25, -0.2) is 9.59 Å². The van der Waals surface area contributed by atoms with Crippen LogP contribution in [-0.4, -0.2) is 43.9 Å². The molecule has 226 valence electrons. The molecule has 1 amide bonds. The summed E-state index contributed by atoms with van der Waals surface area (Å²) < 4.78 is 34.8. The fraction of sp³-hybridized carbons (Fsp3) is 0.500. The minimum atomic E-state index is -0.561. The third-order valence-electron chi connectivity index (χ3n) is 7.68. The summed E-state index contributed by atoms with van der Waals surface area (Å²) in [5.41, 5.74) is 1.54. The van der Waals surface area contributed by atoms with E-state index in [-0.39, 0.29) is 17.6 Å². The van der Waals surface area contributed by atoms with Crippen molar-refractivity contribution in [1.29, 1.82) is 0 Å². The lowest BCUT2D eigenvalue weighted by Crippen LogP contribution is -2.46. The number of carbonyl (C=O) groups is 1. The maximum atomic E-state index is 12.6. The number of amides is 1. The molecule has 0 spiro atoms. The van der Waals surface area contributed by atoms with Crippen LogP contribution < -0.4 is 21.1 Å².